The molecule has 1 heterocycles. The molecular formula is C24H39N5O4. The van der Waals surface area contributed by atoms with Crippen molar-refractivity contribution in [2.24, 2.45) is 15.8 Å². The minimum atomic E-state index is -1.21. The van der Waals surface area contributed by atoms with E-state index in [1.165, 1.54) is 0 Å². The summed E-state index contributed by atoms with van der Waals surface area (Å²) in [5, 5.41) is 24.6. The number of guanidine groups is 1. The highest BCUT2D eigenvalue weighted by molar-refractivity contribution is 5.95. The average molecular weight is 462 g/mol. The molecule has 3 rings (SSSR count). The van der Waals surface area contributed by atoms with Crippen molar-refractivity contribution in [2.75, 3.05) is 26.3 Å². The molecule has 1 aliphatic heterocycles. The Morgan fingerprint density at radius 3 is 2.24 bits per heavy atom. The first-order chi connectivity index (χ1) is 15.6. The number of nitriles is 1. The van der Waals surface area contributed by atoms with E-state index < -0.39 is 17.7 Å². The first kappa shape index (κ1) is 25.3. The normalized spacial score (nSPS) is 25.0. The summed E-state index contributed by atoms with van der Waals surface area (Å²) in [6.07, 6.45) is 6.54. The molecule has 184 valence electrons. The number of rotatable bonds is 5. The zero-order valence-corrected chi connectivity index (χ0v) is 20.3. The summed E-state index contributed by atoms with van der Waals surface area (Å²) in [6.45, 7) is 8.70. The van der Waals surface area contributed by atoms with Crippen LogP contribution in [-0.4, -0.2) is 65.9 Å². The number of carbonyl (C=O) groups excluding carboxylic acids is 1. The van der Waals surface area contributed by atoms with Gasteiger partial charge in [-0.1, -0.05) is 20.8 Å². The Kier molecular flexibility index (Phi) is 7.88. The fourth-order valence-electron chi connectivity index (χ4n) is 5.17. The maximum absolute atomic E-state index is 13.5. The van der Waals surface area contributed by atoms with Crippen LogP contribution in [-0.2, 0) is 9.53 Å². The van der Waals surface area contributed by atoms with Crippen molar-refractivity contribution < 1.29 is 19.4 Å². The van der Waals surface area contributed by atoms with Crippen LogP contribution in [0.1, 0.15) is 78.6 Å². The lowest BCUT2D eigenvalue weighted by Crippen LogP contribution is -2.52. The summed E-state index contributed by atoms with van der Waals surface area (Å²) in [4.78, 5) is 31.5. The van der Waals surface area contributed by atoms with Crippen LogP contribution in [0.4, 0.5) is 4.79 Å². The Hall–Kier alpha value is -2.34. The molecule has 1 unspecified atom stereocenters. The number of aliphatic imine (C=N–C) groups is 1. The smallest absolute Gasteiger partial charge is 0.411 e. The zero-order chi connectivity index (χ0) is 24.1. The summed E-state index contributed by atoms with van der Waals surface area (Å²) in [5.74, 6) is -0.106. The largest absolute Gasteiger partial charge is 0.465 e. The molecule has 9 heteroatoms. The molecule has 0 bridgehead atoms. The molecule has 33 heavy (non-hydrogen) atoms. The van der Waals surface area contributed by atoms with Crippen molar-refractivity contribution in [1.82, 2.24) is 15.5 Å². The second-order valence-corrected chi connectivity index (χ2v) is 11.1. The van der Waals surface area contributed by atoms with Crippen molar-refractivity contribution in [3.05, 3.63) is 0 Å². The van der Waals surface area contributed by atoms with E-state index in [4.69, 9.17) is 9.73 Å². The molecule has 0 aromatic heterocycles. The number of nitrogens with one attached hydrogen (secondary N) is 2. The van der Waals surface area contributed by atoms with Gasteiger partial charge in [0.05, 0.1) is 19.3 Å². The summed E-state index contributed by atoms with van der Waals surface area (Å²) >= 11 is 0. The van der Waals surface area contributed by atoms with Gasteiger partial charge in [-0.15, -0.1) is 0 Å². The molecule has 2 amide bonds. The third-order valence-electron chi connectivity index (χ3n) is 7.64. The summed E-state index contributed by atoms with van der Waals surface area (Å²) < 4.78 is 5.39. The monoisotopic (exact) mass is 461 g/mol. The van der Waals surface area contributed by atoms with E-state index >= 15 is 0 Å². The second kappa shape index (κ2) is 10.3. The van der Waals surface area contributed by atoms with Gasteiger partial charge in [0.2, 0.25) is 11.9 Å². The van der Waals surface area contributed by atoms with Crippen LogP contribution < -0.4 is 10.6 Å². The van der Waals surface area contributed by atoms with Crippen molar-refractivity contribution in [1.29, 1.82) is 5.26 Å². The van der Waals surface area contributed by atoms with Crippen LogP contribution >= 0.6 is 0 Å². The van der Waals surface area contributed by atoms with E-state index in [1.54, 1.807) is 0 Å². The maximum Gasteiger partial charge on any atom is 0.411 e. The van der Waals surface area contributed by atoms with E-state index in [1.807, 2.05) is 4.90 Å². The summed E-state index contributed by atoms with van der Waals surface area (Å²) in [5.41, 5.74) is -0.630. The quantitative estimate of drug-likeness (QED) is 0.426. The van der Waals surface area contributed by atoms with Crippen molar-refractivity contribution >= 4 is 18.0 Å². The highest BCUT2D eigenvalue weighted by Gasteiger charge is 2.41. The van der Waals surface area contributed by atoms with Crippen molar-refractivity contribution in [3.8, 4) is 6.07 Å². The maximum atomic E-state index is 13.5. The Balaban J connectivity index is 1.87. The lowest BCUT2D eigenvalue weighted by molar-refractivity contribution is -0.124. The van der Waals surface area contributed by atoms with E-state index in [9.17, 15) is 20.0 Å². The van der Waals surface area contributed by atoms with Crippen LogP contribution in [0.2, 0.25) is 0 Å². The lowest BCUT2D eigenvalue weighted by Gasteiger charge is -2.42. The summed E-state index contributed by atoms with van der Waals surface area (Å²) in [7, 11) is 0. The number of carboxylic acid groups (broad SMARTS) is 1. The van der Waals surface area contributed by atoms with Gasteiger partial charge >= 0.3 is 6.09 Å². The first-order valence-corrected chi connectivity index (χ1v) is 12.2. The predicted molar refractivity (Wildman–Crippen MR) is 125 cm³/mol. The van der Waals surface area contributed by atoms with Crippen LogP contribution in [0.15, 0.2) is 4.99 Å². The number of hydrogen-bond acceptors (Lipinski definition) is 5. The Labute approximate surface area is 196 Å². The number of carbonyl (C=O) groups is 2. The molecule has 3 fully saturated rings. The van der Waals surface area contributed by atoms with Gasteiger partial charge in [-0.2, -0.15) is 5.26 Å². The topological polar surface area (TPSA) is 127 Å². The van der Waals surface area contributed by atoms with Gasteiger partial charge in [0, 0.05) is 13.1 Å². The van der Waals surface area contributed by atoms with Crippen molar-refractivity contribution in [3.63, 3.8) is 0 Å². The molecule has 3 N–H and O–H groups in total. The van der Waals surface area contributed by atoms with E-state index in [-0.39, 0.29) is 17.3 Å². The number of hydrogen-bond donors (Lipinski definition) is 3. The van der Waals surface area contributed by atoms with E-state index in [0.717, 1.165) is 38.5 Å². The highest BCUT2D eigenvalue weighted by Crippen LogP contribution is 2.47. The zero-order valence-electron chi connectivity index (χ0n) is 20.3. The number of amides is 2. The molecule has 3 aliphatic rings. The van der Waals surface area contributed by atoms with Gasteiger partial charge in [-0.25, -0.2) is 9.79 Å². The van der Waals surface area contributed by atoms with Crippen LogP contribution in [0.25, 0.3) is 0 Å². The van der Waals surface area contributed by atoms with Crippen LogP contribution in [0.3, 0.4) is 0 Å². The van der Waals surface area contributed by atoms with Gasteiger partial charge in [-0.05, 0) is 68.6 Å². The van der Waals surface area contributed by atoms with E-state index in [2.05, 4.69) is 37.5 Å². The molecule has 0 aromatic carbocycles. The molecule has 2 aliphatic carbocycles. The minimum Gasteiger partial charge on any atom is -0.465 e. The molecule has 2 saturated carbocycles. The molecule has 0 aromatic rings. The van der Waals surface area contributed by atoms with Crippen LogP contribution in [0, 0.1) is 22.2 Å². The summed E-state index contributed by atoms with van der Waals surface area (Å²) in [6, 6.07) is 1.55. The first-order valence-electron chi connectivity index (χ1n) is 12.2. The van der Waals surface area contributed by atoms with Gasteiger partial charge in [0.1, 0.15) is 11.6 Å². The predicted octanol–water partition coefficient (Wildman–Crippen LogP) is 3.26. The molecule has 0 radical (unpaired) electrons. The Morgan fingerprint density at radius 1 is 1.09 bits per heavy atom. The molecule has 9 nitrogen and oxygen atoms in total. The van der Waals surface area contributed by atoms with Gasteiger partial charge in [-0.3, -0.25) is 10.1 Å². The number of morpholine rings is 1. The van der Waals surface area contributed by atoms with Gasteiger partial charge < -0.3 is 20.1 Å². The fourth-order valence-corrected chi connectivity index (χ4v) is 5.17. The Bertz CT molecular complexity index is 781. The highest BCUT2D eigenvalue weighted by atomic mass is 16.5. The molecule has 0 spiro atoms. The Morgan fingerprint density at radius 2 is 1.70 bits per heavy atom. The lowest BCUT2D eigenvalue weighted by atomic mass is 9.64. The third kappa shape index (κ3) is 6.83. The molecule has 1 saturated heterocycles. The second-order valence-electron chi connectivity index (χ2n) is 11.1. The van der Waals surface area contributed by atoms with Crippen molar-refractivity contribution in [2.45, 2.75) is 90.1 Å². The third-order valence-corrected chi connectivity index (χ3v) is 7.64. The molecule has 1 atom stereocenters. The average Bonchev–Trinajstić information content (AvgIpc) is 3.24. The minimum absolute atomic E-state index is 0.0736. The van der Waals surface area contributed by atoms with Gasteiger partial charge in [0.25, 0.3) is 0 Å². The number of ether oxygens (including phenoxy) is 1. The standard InChI is InChI=1S/C24H39N5O4/c1-22(2)8-10-23(3,11-9-22)16-18(19(30)28-24(17-25)6-4-5-7-24)26-20(27-21(31)32)29-12-14-33-15-13-29/h18H,4-16H2,1-3H3,(H,26,27)(H,28,30)(H,31,32). The van der Waals surface area contributed by atoms with E-state index in [0.29, 0.717) is 51.0 Å². The van der Waals surface area contributed by atoms with Gasteiger partial charge in [0.15, 0.2) is 0 Å². The fraction of sp³-hybridized carbons (Fsp3) is 0.833. The SMILES string of the molecule is CC1(C)CCC(C)(CC(N=C(NC(=O)O)N2CCOCC2)C(=O)NC2(C#N)CCCC2)CC1. The van der Waals surface area contributed by atoms with Crippen LogP contribution in [0.5, 0.6) is 0 Å². The number of nitrogens with zero attached hydrogens (tertiary/aromatic N) is 3. The molecular weight excluding hydrogens is 422 g/mol.